The summed E-state index contributed by atoms with van der Waals surface area (Å²) >= 11 is 0. The molecule has 0 spiro atoms. The lowest BCUT2D eigenvalue weighted by molar-refractivity contribution is 0.0733. The van der Waals surface area contributed by atoms with Crippen LogP contribution >= 0.6 is 0 Å². The fourth-order valence-electron chi connectivity index (χ4n) is 2.39. The summed E-state index contributed by atoms with van der Waals surface area (Å²) in [7, 11) is 3.10. The van der Waals surface area contributed by atoms with Crippen LogP contribution in [0, 0.1) is 0 Å². The third-order valence-electron chi connectivity index (χ3n) is 3.88. The zero-order valence-corrected chi connectivity index (χ0v) is 15.4. The van der Waals surface area contributed by atoms with Gasteiger partial charge >= 0.3 is 11.9 Å². The van der Waals surface area contributed by atoms with Crippen molar-refractivity contribution in [1.82, 2.24) is 0 Å². The summed E-state index contributed by atoms with van der Waals surface area (Å²) in [5.41, 5.74) is 0.753. The Kier molecular flexibility index (Phi) is 5.91. The van der Waals surface area contributed by atoms with E-state index < -0.39 is 11.9 Å². The average molecular weight is 378 g/mol. The number of methoxy groups -OCH3 is 2. The number of benzene rings is 3. The molecule has 0 aromatic heterocycles. The van der Waals surface area contributed by atoms with Gasteiger partial charge in [-0.1, -0.05) is 6.07 Å². The van der Waals surface area contributed by atoms with E-state index in [0.29, 0.717) is 22.6 Å². The van der Waals surface area contributed by atoms with Crippen LogP contribution in [0.4, 0.5) is 0 Å². The van der Waals surface area contributed by atoms with Gasteiger partial charge in [-0.05, 0) is 60.7 Å². The first-order chi connectivity index (χ1) is 13.6. The molecule has 0 aliphatic rings. The van der Waals surface area contributed by atoms with Crippen molar-refractivity contribution in [3.63, 3.8) is 0 Å². The van der Waals surface area contributed by atoms with E-state index in [1.807, 2.05) is 0 Å². The van der Waals surface area contributed by atoms with Crippen LogP contribution in [0.5, 0.6) is 23.0 Å². The number of hydrogen-bond donors (Lipinski definition) is 0. The molecule has 0 atom stereocenters. The minimum Gasteiger partial charge on any atom is -0.497 e. The zero-order valence-electron chi connectivity index (χ0n) is 15.4. The van der Waals surface area contributed by atoms with E-state index in [1.54, 1.807) is 80.9 Å². The number of hydrogen-bond acceptors (Lipinski definition) is 6. The van der Waals surface area contributed by atoms with E-state index in [1.165, 1.54) is 6.07 Å². The quantitative estimate of drug-likeness (QED) is 0.474. The smallest absolute Gasteiger partial charge is 0.343 e. The molecule has 0 bridgehead atoms. The SMILES string of the molecule is COc1ccc(C(=O)Oc2cccc(OC(=O)c3ccc(OC)cc3)c2)cc1. The molecular weight excluding hydrogens is 360 g/mol. The van der Waals surface area contributed by atoms with Gasteiger partial charge in [-0.2, -0.15) is 0 Å². The normalized spacial score (nSPS) is 10.1. The molecule has 6 nitrogen and oxygen atoms in total. The second-order valence-electron chi connectivity index (χ2n) is 5.71. The Morgan fingerprint density at radius 3 is 1.32 bits per heavy atom. The van der Waals surface area contributed by atoms with Gasteiger partial charge in [0.15, 0.2) is 0 Å². The first kappa shape index (κ1) is 19.0. The van der Waals surface area contributed by atoms with E-state index in [9.17, 15) is 9.59 Å². The minimum atomic E-state index is -0.527. The summed E-state index contributed by atoms with van der Waals surface area (Å²) in [6.45, 7) is 0. The van der Waals surface area contributed by atoms with Gasteiger partial charge in [0, 0.05) is 6.07 Å². The molecule has 142 valence electrons. The molecule has 0 amide bonds. The molecule has 0 saturated heterocycles. The van der Waals surface area contributed by atoms with Crippen molar-refractivity contribution in [2.75, 3.05) is 14.2 Å². The molecular formula is C22H18O6. The van der Waals surface area contributed by atoms with Gasteiger partial charge in [-0.15, -0.1) is 0 Å². The summed E-state index contributed by atoms with van der Waals surface area (Å²) in [6, 6.07) is 19.4. The Balaban J connectivity index is 1.67. The molecule has 0 unspecified atom stereocenters. The average Bonchev–Trinajstić information content (AvgIpc) is 2.74. The van der Waals surface area contributed by atoms with Crippen molar-refractivity contribution in [3.8, 4) is 23.0 Å². The van der Waals surface area contributed by atoms with E-state index in [2.05, 4.69) is 0 Å². The van der Waals surface area contributed by atoms with Crippen molar-refractivity contribution in [3.05, 3.63) is 83.9 Å². The predicted molar refractivity (Wildman–Crippen MR) is 102 cm³/mol. The molecule has 0 saturated carbocycles. The minimum absolute atomic E-state index is 0.265. The topological polar surface area (TPSA) is 71.1 Å². The van der Waals surface area contributed by atoms with Crippen LogP contribution in [0.2, 0.25) is 0 Å². The Morgan fingerprint density at radius 1 is 0.571 bits per heavy atom. The van der Waals surface area contributed by atoms with E-state index in [4.69, 9.17) is 18.9 Å². The van der Waals surface area contributed by atoms with Gasteiger partial charge in [0.1, 0.15) is 23.0 Å². The van der Waals surface area contributed by atoms with Crippen molar-refractivity contribution in [2.24, 2.45) is 0 Å². The highest BCUT2D eigenvalue weighted by molar-refractivity contribution is 5.92. The molecule has 0 fully saturated rings. The summed E-state index contributed by atoms with van der Waals surface area (Å²) in [6.07, 6.45) is 0. The molecule has 0 aliphatic carbocycles. The molecule has 0 heterocycles. The predicted octanol–water partition coefficient (Wildman–Crippen LogP) is 4.14. The van der Waals surface area contributed by atoms with Crippen molar-refractivity contribution in [2.45, 2.75) is 0 Å². The number of ether oxygens (including phenoxy) is 4. The third kappa shape index (κ3) is 4.67. The van der Waals surface area contributed by atoms with Gasteiger partial charge < -0.3 is 18.9 Å². The molecule has 28 heavy (non-hydrogen) atoms. The maximum absolute atomic E-state index is 12.2. The third-order valence-corrected chi connectivity index (χ3v) is 3.88. The number of esters is 2. The van der Waals surface area contributed by atoms with E-state index >= 15 is 0 Å². The number of carbonyl (C=O) groups is 2. The van der Waals surface area contributed by atoms with Crippen LogP contribution in [0.25, 0.3) is 0 Å². The summed E-state index contributed by atoms with van der Waals surface area (Å²) in [5, 5.41) is 0. The van der Waals surface area contributed by atoms with Crippen molar-refractivity contribution in [1.29, 1.82) is 0 Å². The van der Waals surface area contributed by atoms with Crippen LogP contribution in [0.1, 0.15) is 20.7 Å². The lowest BCUT2D eigenvalue weighted by Gasteiger charge is -2.08. The summed E-state index contributed by atoms with van der Waals surface area (Å²) in [4.78, 5) is 24.5. The molecule has 3 rings (SSSR count). The van der Waals surface area contributed by atoms with Crippen LogP contribution < -0.4 is 18.9 Å². The Hall–Kier alpha value is -3.80. The van der Waals surface area contributed by atoms with Gasteiger partial charge in [0.2, 0.25) is 0 Å². The fraction of sp³-hybridized carbons (Fsp3) is 0.0909. The van der Waals surface area contributed by atoms with Gasteiger partial charge in [-0.25, -0.2) is 9.59 Å². The van der Waals surface area contributed by atoms with Crippen LogP contribution in [0.3, 0.4) is 0 Å². The summed E-state index contributed by atoms with van der Waals surface area (Å²) in [5.74, 6) is 0.761. The molecule has 0 radical (unpaired) electrons. The monoisotopic (exact) mass is 378 g/mol. The lowest BCUT2D eigenvalue weighted by atomic mass is 10.2. The first-order valence-electron chi connectivity index (χ1n) is 8.41. The highest BCUT2D eigenvalue weighted by atomic mass is 16.5. The zero-order chi connectivity index (χ0) is 19.9. The largest absolute Gasteiger partial charge is 0.497 e. The molecule has 0 aliphatic heterocycles. The van der Waals surface area contributed by atoms with Crippen LogP contribution in [-0.2, 0) is 0 Å². The molecule has 3 aromatic rings. The highest BCUT2D eigenvalue weighted by Crippen LogP contribution is 2.22. The Labute approximate surface area is 162 Å². The maximum atomic E-state index is 12.2. The fourth-order valence-corrected chi connectivity index (χ4v) is 2.39. The van der Waals surface area contributed by atoms with E-state index in [0.717, 1.165) is 0 Å². The molecule has 0 N–H and O–H groups in total. The van der Waals surface area contributed by atoms with Gasteiger partial charge in [0.05, 0.1) is 25.3 Å². The van der Waals surface area contributed by atoms with Crippen molar-refractivity contribution < 1.29 is 28.5 Å². The number of rotatable bonds is 6. The Morgan fingerprint density at radius 2 is 0.964 bits per heavy atom. The maximum Gasteiger partial charge on any atom is 0.343 e. The van der Waals surface area contributed by atoms with Gasteiger partial charge in [-0.3, -0.25) is 0 Å². The second-order valence-corrected chi connectivity index (χ2v) is 5.71. The standard InChI is InChI=1S/C22H18O6/c1-25-17-10-6-15(7-11-17)21(23)27-19-4-3-5-20(14-19)28-22(24)16-8-12-18(26-2)13-9-16/h3-14H,1-2H3. The molecule has 6 heteroatoms. The molecule has 3 aromatic carbocycles. The Bertz CT molecular complexity index is 884. The van der Waals surface area contributed by atoms with Crippen LogP contribution in [0.15, 0.2) is 72.8 Å². The van der Waals surface area contributed by atoms with Gasteiger partial charge in [0.25, 0.3) is 0 Å². The summed E-state index contributed by atoms with van der Waals surface area (Å²) < 4.78 is 20.8. The number of carbonyl (C=O) groups excluding carboxylic acids is 2. The van der Waals surface area contributed by atoms with E-state index in [-0.39, 0.29) is 11.5 Å². The van der Waals surface area contributed by atoms with Crippen molar-refractivity contribution >= 4 is 11.9 Å². The lowest BCUT2D eigenvalue weighted by Crippen LogP contribution is -2.10. The second kappa shape index (κ2) is 8.73. The first-order valence-corrected chi connectivity index (χ1v) is 8.41. The highest BCUT2D eigenvalue weighted by Gasteiger charge is 2.12. The van der Waals surface area contributed by atoms with Crippen LogP contribution in [-0.4, -0.2) is 26.2 Å².